The van der Waals surface area contributed by atoms with Crippen LogP contribution < -0.4 is 14.8 Å². The van der Waals surface area contributed by atoms with E-state index in [4.69, 9.17) is 21.1 Å². The molecule has 0 bridgehead atoms. The first kappa shape index (κ1) is 16.6. The van der Waals surface area contributed by atoms with Crippen LogP contribution in [0, 0.1) is 0 Å². The van der Waals surface area contributed by atoms with Crippen molar-refractivity contribution in [3.05, 3.63) is 45.1 Å². The van der Waals surface area contributed by atoms with E-state index in [1.165, 1.54) is 7.11 Å². The molecule has 0 fully saturated rings. The minimum atomic E-state index is -0.198. The van der Waals surface area contributed by atoms with Crippen LogP contribution >= 0.6 is 22.9 Å². The van der Waals surface area contributed by atoms with Gasteiger partial charge in [0.25, 0.3) is 5.91 Å². The lowest BCUT2D eigenvalue weighted by Crippen LogP contribution is -2.22. The number of nitrogens with one attached hydrogen (secondary N) is 1. The normalized spacial score (nSPS) is 10.3. The van der Waals surface area contributed by atoms with E-state index in [2.05, 4.69) is 5.32 Å². The van der Waals surface area contributed by atoms with Crippen LogP contribution in [-0.4, -0.2) is 19.6 Å². The second kappa shape index (κ2) is 8.06. The van der Waals surface area contributed by atoms with Gasteiger partial charge in [-0.2, -0.15) is 0 Å². The number of thiophene rings is 1. The summed E-state index contributed by atoms with van der Waals surface area (Å²) in [4.78, 5) is 13.3. The molecule has 6 heteroatoms. The van der Waals surface area contributed by atoms with Crippen molar-refractivity contribution in [3.8, 4) is 11.5 Å². The number of carbonyl (C=O) groups excluding carboxylic acids is 1. The average molecular weight is 340 g/mol. The number of amides is 1. The Morgan fingerprint density at radius 2 is 2.23 bits per heavy atom. The van der Waals surface area contributed by atoms with E-state index < -0.39 is 0 Å². The molecular formula is C16H18ClNO3S. The summed E-state index contributed by atoms with van der Waals surface area (Å²) >= 11 is 7.81. The Kier molecular flexibility index (Phi) is 6.10. The van der Waals surface area contributed by atoms with E-state index in [0.29, 0.717) is 35.2 Å². The van der Waals surface area contributed by atoms with E-state index in [9.17, 15) is 4.79 Å². The van der Waals surface area contributed by atoms with Crippen LogP contribution in [0.5, 0.6) is 11.5 Å². The molecule has 0 aliphatic rings. The molecule has 118 valence electrons. The number of hydrogen-bond acceptors (Lipinski definition) is 4. The Morgan fingerprint density at radius 1 is 1.41 bits per heavy atom. The number of benzene rings is 1. The molecule has 4 nitrogen and oxygen atoms in total. The lowest BCUT2D eigenvalue weighted by atomic mass is 10.2. The average Bonchev–Trinajstić information content (AvgIpc) is 3.04. The van der Waals surface area contributed by atoms with Gasteiger partial charge in [0.2, 0.25) is 0 Å². The molecule has 1 heterocycles. The van der Waals surface area contributed by atoms with Gasteiger partial charge in [-0.25, -0.2) is 0 Å². The minimum absolute atomic E-state index is 0.198. The van der Waals surface area contributed by atoms with Crippen LogP contribution in [0.2, 0.25) is 5.02 Å². The highest BCUT2D eigenvalue weighted by Crippen LogP contribution is 2.36. The highest BCUT2D eigenvalue weighted by Gasteiger charge is 2.15. The summed E-state index contributed by atoms with van der Waals surface area (Å²) in [5.41, 5.74) is 0.447. The molecule has 0 aliphatic heterocycles. The third-order valence-corrected chi connectivity index (χ3v) is 4.10. The van der Waals surface area contributed by atoms with Gasteiger partial charge in [-0.3, -0.25) is 4.79 Å². The summed E-state index contributed by atoms with van der Waals surface area (Å²) in [6.45, 7) is 3.04. The van der Waals surface area contributed by atoms with Gasteiger partial charge in [0.05, 0.1) is 25.3 Å². The fraction of sp³-hybridized carbons (Fsp3) is 0.312. The zero-order valence-electron chi connectivity index (χ0n) is 12.5. The van der Waals surface area contributed by atoms with Crippen molar-refractivity contribution in [1.29, 1.82) is 0 Å². The Balaban J connectivity index is 2.13. The molecule has 1 N–H and O–H groups in total. The molecule has 1 aromatic heterocycles. The third-order valence-electron chi connectivity index (χ3n) is 2.95. The topological polar surface area (TPSA) is 47.6 Å². The Labute approximate surface area is 139 Å². The van der Waals surface area contributed by atoms with Crippen molar-refractivity contribution in [1.82, 2.24) is 5.32 Å². The number of ether oxygens (including phenoxy) is 2. The van der Waals surface area contributed by atoms with Crippen molar-refractivity contribution >= 4 is 28.8 Å². The molecule has 0 unspecified atom stereocenters. The molecule has 0 saturated carbocycles. The van der Waals surface area contributed by atoms with Crippen LogP contribution in [0.15, 0.2) is 29.6 Å². The Bertz CT molecular complexity index is 629. The molecule has 0 spiro atoms. The van der Waals surface area contributed by atoms with E-state index in [0.717, 1.165) is 11.3 Å². The van der Waals surface area contributed by atoms with E-state index in [1.807, 2.05) is 24.4 Å². The molecule has 2 rings (SSSR count). The second-order valence-corrected chi connectivity index (χ2v) is 6.04. The predicted octanol–water partition coefficient (Wildman–Crippen LogP) is 4.13. The van der Waals surface area contributed by atoms with Crippen LogP contribution in [-0.2, 0) is 6.54 Å². The van der Waals surface area contributed by atoms with Gasteiger partial charge in [-0.1, -0.05) is 24.6 Å². The Morgan fingerprint density at radius 3 is 2.86 bits per heavy atom. The second-order valence-electron chi connectivity index (χ2n) is 4.60. The molecule has 0 atom stereocenters. The van der Waals surface area contributed by atoms with E-state index in [-0.39, 0.29) is 5.91 Å². The highest BCUT2D eigenvalue weighted by atomic mass is 35.5. The summed E-state index contributed by atoms with van der Waals surface area (Å²) in [6.07, 6.45) is 0.864. The fourth-order valence-corrected chi connectivity index (χ4v) is 2.79. The zero-order chi connectivity index (χ0) is 15.9. The maximum atomic E-state index is 12.2. The largest absolute Gasteiger partial charge is 0.493 e. The quantitative estimate of drug-likeness (QED) is 0.825. The standard InChI is InChI=1S/C16H18ClNO3S/c1-3-6-21-15-13(17)8-11(9-14(15)20-2)16(19)18-10-12-5-4-7-22-12/h4-5,7-9H,3,6,10H2,1-2H3,(H,18,19). The van der Waals surface area contributed by atoms with Crippen molar-refractivity contribution < 1.29 is 14.3 Å². The van der Waals surface area contributed by atoms with Crippen LogP contribution in [0.3, 0.4) is 0 Å². The summed E-state index contributed by atoms with van der Waals surface area (Å²) < 4.78 is 10.9. The van der Waals surface area contributed by atoms with Crippen LogP contribution in [0.4, 0.5) is 0 Å². The molecule has 1 amide bonds. The molecule has 22 heavy (non-hydrogen) atoms. The smallest absolute Gasteiger partial charge is 0.251 e. The van der Waals surface area contributed by atoms with E-state index in [1.54, 1.807) is 23.5 Å². The third kappa shape index (κ3) is 4.15. The summed E-state index contributed by atoms with van der Waals surface area (Å²) in [5.74, 6) is 0.735. The van der Waals surface area contributed by atoms with Gasteiger partial charge in [0, 0.05) is 10.4 Å². The van der Waals surface area contributed by atoms with Crippen molar-refractivity contribution in [3.63, 3.8) is 0 Å². The molecule has 0 saturated heterocycles. The molecular weight excluding hydrogens is 322 g/mol. The van der Waals surface area contributed by atoms with Gasteiger partial charge in [0.15, 0.2) is 11.5 Å². The van der Waals surface area contributed by atoms with Gasteiger partial charge in [-0.15, -0.1) is 11.3 Å². The summed E-state index contributed by atoms with van der Waals surface area (Å²) in [7, 11) is 1.53. The lowest BCUT2D eigenvalue weighted by Gasteiger charge is -2.13. The van der Waals surface area contributed by atoms with Crippen molar-refractivity contribution in [2.75, 3.05) is 13.7 Å². The van der Waals surface area contributed by atoms with Gasteiger partial charge < -0.3 is 14.8 Å². The number of rotatable bonds is 7. The molecule has 0 aliphatic carbocycles. The predicted molar refractivity (Wildman–Crippen MR) is 89.3 cm³/mol. The van der Waals surface area contributed by atoms with Crippen LogP contribution in [0.25, 0.3) is 0 Å². The zero-order valence-corrected chi connectivity index (χ0v) is 14.1. The number of hydrogen-bond donors (Lipinski definition) is 1. The lowest BCUT2D eigenvalue weighted by molar-refractivity contribution is 0.0951. The first-order valence-electron chi connectivity index (χ1n) is 6.96. The van der Waals surface area contributed by atoms with Crippen LogP contribution in [0.1, 0.15) is 28.6 Å². The first-order valence-corrected chi connectivity index (χ1v) is 8.22. The van der Waals surface area contributed by atoms with Gasteiger partial charge in [0.1, 0.15) is 0 Å². The Hall–Kier alpha value is -1.72. The maximum Gasteiger partial charge on any atom is 0.251 e. The van der Waals surface area contributed by atoms with Crippen molar-refractivity contribution in [2.24, 2.45) is 0 Å². The summed E-state index contributed by atoms with van der Waals surface area (Å²) in [5, 5.41) is 5.20. The van der Waals surface area contributed by atoms with E-state index >= 15 is 0 Å². The number of carbonyl (C=O) groups is 1. The monoisotopic (exact) mass is 339 g/mol. The highest BCUT2D eigenvalue weighted by molar-refractivity contribution is 7.09. The van der Waals surface area contributed by atoms with Gasteiger partial charge >= 0.3 is 0 Å². The first-order chi connectivity index (χ1) is 10.7. The molecule has 1 aromatic carbocycles. The summed E-state index contributed by atoms with van der Waals surface area (Å²) in [6, 6.07) is 7.16. The fourth-order valence-electron chi connectivity index (χ4n) is 1.88. The van der Waals surface area contributed by atoms with Gasteiger partial charge in [-0.05, 0) is 30.0 Å². The minimum Gasteiger partial charge on any atom is -0.493 e. The SMILES string of the molecule is CCCOc1c(Cl)cc(C(=O)NCc2cccs2)cc1OC. The molecule has 0 radical (unpaired) electrons. The number of halogens is 1. The maximum absolute atomic E-state index is 12.2. The van der Waals surface area contributed by atoms with Crippen molar-refractivity contribution in [2.45, 2.75) is 19.9 Å². The molecule has 2 aromatic rings. The number of methoxy groups -OCH3 is 1.